The standard InChI is InChI=1S/C13H12Cl2N2/c14-11-6-5-10(13(15)7-11)3-1-2-4-12-8-16-9-17-12/h2,4-9H,1,3H2,(H,16,17). The van der Waals surface area contributed by atoms with Crippen molar-refractivity contribution in [2.75, 3.05) is 0 Å². The number of allylic oxidation sites excluding steroid dienone is 1. The van der Waals surface area contributed by atoms with Crippen molar-refractivity contribution < 1.29 is 0 Å². The molecule has 0 aliphatic heterocycles. The molecule has 2 nitrogen and oxygen atoms in total. The van der Waals surface area contributed by atoms with Crippen LogP contribution >= 0.6 is 23.2 Å². The molecule has 0 fully saturated rings. The average Bonchev–Trinajstić information content (AvgIpc) is 2.79. The molecule has 0 spiro atoms. The first kappa shape index (κ1) is 12.2. The normalized spacial score (nSPS) is 11.2. The van der Waals surface area contributed by atoms with Crippen LogP contribution in [0.25, 0.3) is 6.08 Å². The summed E-state index contributed by atoms with van der Waals surface area (Å²) in [4.78, 5) is 6.95. The van der Waals surface area contributed by atoms with Gasteiger partial charge in [-0.25, -0.2) is 4.98 Å². The quantitative estimate of drug-likeness (QED) is 0.875. The van der Waals surface area contributed by atoms with E-state index in [1.54, 1.807) is 18.6 Å². The molecule has 0 saturated carbocycles. The highest BCUT2D eigenvalue weighted by atomic mass is 35.5. The largest absolute Gasteiger partial charge is 0.345 e. The number of hydrogen-bond acceptors (Lipinski definition) is 1. The van der Waals surface area contributed by atoms with Crippen LogP contribution in [-0.4, -0.2) is 9.97 Å². The van der Waals surface area contributed by atoms with Crippen LogP contribution in [0.4, 0.5) is 0 Å². The van der Waals surface area contributed by atoms with Gasteiger partial charge in [0.1, 0.15) is 0 Å². The molecule has 88 valence electrons. The lowest BCUT2D eigenvalue weighted by Gasteiger charge is -2.02. The number of nitrogens with zero attached hydrogens (tertiary/aromatic N) is 1. The molecule has 0 atom stereocenters. The lowest BCUT2D eigenvalue weighted by Crippen LogP contribution is -1.84. The van der Waals surface area contributed by atoms with E-state index in [1.807, 2.05) is 18.2 Å². The summed E-state index contributed by atoms with van der Waals surface area (Å²) in [5, 5.41) is 1.40. The van der Waals surface area contributed by atoms with Crippen molar-refractivity contribution in [3.05, 3.63) is 58.1 Å². The monoisotopic (exact) mass is 266 g/mol. The third-order valence-corrected chi connectivity index (χ3v) is 3.00. The van der Waals surface area contributed by atoms with E-state index in [2.05, 4.69) is 16.0 Å². The minimum Gasteiger partial charge on any atom is -0.345 e. The maximum atomic E-state index is 6.08. The molecule has 0 aliphatic carbocycles. The van der Waals surface area contributed by atoms with Crippen molar-refractivity contribution in [3.8, 4) is 0 Å². The molecule has 1 heterocycles. The minimum atomic E-state index is 0.673. The van der Waals surface area contributed by atoms with Crippen LogP contribution in [-0.2, 0) is 6.42 Å². The fraction of sp³-hybridized carbons (Fsp3) is 0.154. The maximum Gasteiger partial charge on any atom is 0.0924 e. The molecule has 2 aromatic rings. The van der Waals surface area contributed by atoms with Crippen LogP contribution in [0.15, 0.2) is 36.8 Å². The smallest absolute Gasteiger partial charge is 0.0924 e. The molecule has 0 radical (unpaired) electrons. The first-order chi connectivity index (χ1) is 8.25. The van der Waals surface area contributed by atoms with E-state index in [9.17, 15) is 0 Å². The first-order valence-corrected chi connectivity index (χ1v) is 6.10. The van der Waals surface area contributed by atoms with Gasteiger partial charge in [-0.15, -0.1) is 0 Å². The zero-order valence-corrected chi connectivity index (χ0v) is 10.7. The van der Waals surface area contributed by atoms with Crippen LogP contribution < -0.4 is 0 Å². The predicted octanol–water partition coefficient (Wildman–Crippen LogP) is 4.36. The van der Waals surface area contributed by atoms with E-state index < -0.39 is 0 Å². The van der Waals surface area contributed by atoms with Crippen molar-refractivity contribution in [2.24, 2.45) is 0 Å². The van der Waals surface area contributed by atoms with Gasteiger partial charge in [-0.05, 0) is 36.6 Å². The van der Waals surface area contributed by atoms with Crippen LogP contribution in [0, 0.1) is 0 Å². The summed E-state index contributed by atoms with van der Waals surface area (Å²) in [5.41, 5.74) is 2.12. The van der Waals surface area contributed by atoms with Crippen molar-refractivity contribution in [2.45, 2.75) is 12.8 Å². The van der Waals surface area contributed by atoms with Gasteiger partial charge < -0.3 is 4.98 Å². The number of nitrogens with one attached hydrogen (secondary N) is 1. The number of rotatable bonds is 4. The Bertz CT molecular complexity index is 504. The Morgan fingerprint density at radius 3 is 2.88 bits per heavy atom. The number of imidazole rings is 1. The topological polar surface area (TPSA) is 28.7 Å². The van der Waals surface area contributed by atoms with Gasteiger partial charge in [0.05, 0.1) is 18.2 Å². The van der Waals surface area contributed by atoms with Gasteiger partial charge >= 0.3 is 0 Å². The maximum absolute atomic E-state index is 6.08. The van der Waals surface area contributed by atoms with Crippen LogP contribution in [0.5, 0.6) is 0 Å². The summed E-state index contributed by atoms with van der Waals surface area (Å²) < 4.78 is 0. The van der Waals surface area contributed by atoms with Crippen molar-refractivity contribution in [1.82, 2.24) is 9.97 Å². The molecule has 0 unspecified atom stereocenters. The Balaban J connectivity index is 1.90. The zero-order valence-electron chi connectivity index (χ0n) is 9.16. The van der Waals surface area contributed by atoms with E-state index in [-0.39, 0.29) is 0 Å². The van der Waals surface area contributed by atoms with Gasteiger partial charge in [-0.3, -0.25) is 0 Å². The van der Waals surface area contributed by atoms with E-state index in [0.717, 1.165) is 29.1 Å². The minimum absolute atomic E-state index is 0.673. The van der Waals surface area contributed by atoms with Crippen LogP contribution in [0.2, 0.25) is 10.0 Å². The Hall–Kier alpha value is -1.25. The SMILES string of the molecule is Clc1ccc(CCC=Cc2cnc[nH]2)c(Cl)c1. The lowest BCUT2D eigenvalue weighted by molar-refractivity contribution is 1.01. The summed E-state index contributed by atoms with van der Waals surface area (Å²) in [6, 6.07) is 5.60. The summed E-state index contributed by atoms with van der Waals surface area (Å²) in [7, 11) is 0. The van der Waals surface area contributed by atoms with E-state index in [4.69, 9.17) is 23.2 Å². The van der Waals surface area contributed by atoms with Gasteiger partial charge in [-0.1, -0.05) is 35.3 Å². The second-order valence-corrected chi connectivity index (χ2v) is 4.53. The molecule has 0 aliphatic rings. The fourth-order valence-corrected chi connectivity index (χ4v) is 2.03. The number of hydrogen-bond donors (Lipinski definition) is 1. The molecule has 0 amide bonds. The number of H-pyrrole nitrogens is 1. The Morgan fingerprint density at radius 1 is 1.29 bits per heavy atom. The summed E-state index contributed by atoms with van der Waals surface area (Å²) in [5.74, 6) is 0. The summed E-state index contributed by atoms with van der Waals surface area (Å²) >= 11 is 11.9. The highest BCUT2D eigenvalue weighted by Gasteiger charge is 1.99. The summed E-state index contributed by atoms with van der Waals surface area (Å²) in [6.07, 6.45) is 9.39. The highest BCUT2D eigenvalue weighted by Crippen LogP contribution is 2.22. The molecule has 4 heteroatoms. The molecule has 0 saturated heterocycles. The molecule has 1 N–H and O–H groups in total. The number of aryl methyl sites for hydroxylation is 1. The second-order valence-electron chi connectivity index (χ2n) is 3.68. The Kier molecular flexibility index (Phi) is 4.24. The average molecular weight is 267 g/mol. The van der Waals surface area contributed by atoms with Crippen LogP contribution in [0.3, 0.4) is 0 Å². The Morgan fingerprint density at radius 2 is 2.18 bits per heavy atom. The lowest BCUT2D eigenvalue weighted by atomic mass is 10.1. The number of aromatic amines is 1. The van der Waals surface area contributed by atoms with Gasteiger partial charge in [0, 0.05) is 10.0 Å². The van der Waals surface area contributed by atoms with E-state index in [1.165, 1.54) is 0 Å². The predicted molar refractivity (Wildman–Crippen MR) is 72.4 cm³/mol. The first-order valence-electron chi connectivity index (χ1n) is 5.34. The zero-order chi connectivity index (χ0) is 12.1. The van der Waals surface area contributed by atoms with E-state index in [0.29, 0.717) is 5.02 Å². The fourth-order valence-electron chi connectivity index (χ4n) is 1.53. The third-order valence-electron chi connectivity index (χ3n) is 2.41. The highest BCUT2D eigenvalue weighted by molar-refractivity contribution is 6.35. The Labute approximate surface area is 110 Å². The summed E-state index contributed by atoms with van der Waals surface area (Å²) in [6.45, 7) is 0. The van der Waals surface area contributed by atoms with Gasteiger partial charge in [-0.2, -0.15) is 0 Å². The number of aromatic nitrogens is 2. The number of benzene rings is 1. The molecule has 0 bridgehead atoms. The molecular weight excluding hydrogens is 255 g/mol. The third kappa shape index (κ3) is 3.62. The van der Waals surface area contributed by atoms with Gasteiger partial charge in [0.25, 0.3) is 0 Å². The van der Waals surface area contributed by atoms with Gasteiger partial charge in [0.15, 0.2) is 0 Å². The van der Waals surface area contributed by atoms with Crippen molar-refractivity contribution in [1.29, 1.82) is 0 Å². The van der Waals surface area contributed by atoms with Crippen LogP contribution in [0.1, 0.15) is 17.7 Å². The van der Waals surface area contributed by atoms with E-state index >= 15 is 0 Å². The molecular formula is C13H12Cl2N2. The van der Waals surface area contributed by atoms with Crippen molar-refractivity contribution in [3.63, 3.8) is 0 Å². The second kappa shape index (κ2) is 5.89. The molecule has 1 aromatic carbocycles. The van der Waals surface area contributed by atoms with Crippen molar-refractivity contribution >= 4 is 29.3 Å². The molecule has 17 heavy (non-hydrogen) atoms. The number of halogens is 2. The molecule has 2 rings (SSSR count). The molecule has 1 aromatic heterocycles. The van der Waals surface area contributed by atoms with Gasteiger partial charge in [0.2, 0.25) is 0 Å².